The first-order valence-corrected chi connectivity index (χ1v) is 10.1. The van der Waals surface area contributed by atoms with E-state index in [2.05, 4.69) is 15.5 Å². The maximum Gasteiger partial charge on any atom is 0.224 e. The Hall–Kier alpha value is -2.87. The van der Waals surface area contributed by atoms with Crippen molar-refractivity contribution in [3.63, 3.8) is 0 Å². The molecule has 0 saturated carbocycles. The number of Topliss-reactive ketones (excluding diaryl/α,β-unsaturated/α-hetero) is 1. The Bertz CT molecular complexity index is 933. The Kier molecular flexibility index (Phi) is 6.65. The second-order valence-corrected chi connectivity index (χ2v) is 7.06. The third kappa shape index (κ3) is 4.69. The number of aromatic nitrogens is 3. The van der Waals surface area contributed by atoms with Gasteiger partial charge in [0.1, 0.15) is 0 Å². The number of nitrogens with zero attached hydrogens (tertiary/aromatic N) is 3. The first-order chi connectivity index (χ1) is 13.6. The lowest BCUT2D eigenvalue weighted by Crippen LogP contribution is -2.11. The summed E-state index contributed by atoms with van der Waals surface area (Å²) < 4.78 is 7.31. The third-order valence-electron chi connectivity index (χ3n) is 4.07. The zero-order chi connectivity index (χ0) is 19.9. The number of benzene rings is 1. The molecule has 2 heterocycles. The Labute approximate surface area is 167 Å². The van der Waals surface area contributed by atoms with E-state index >= 15 is 0 Å². The van der Waals surface area contributed by atoms with Gasteiger partial charge in [-0.1, -0.05) is 18.7 Å². The fourth-order valence-corrected chi connectivity index (χ4v) is 3.57. The van der Waals surface area contributed by atoms with E-state index in [0.29, 0.717) is 41.0 Å². The Balaban J connectivity index is 1.62. The predicted octanol–water partition coefficient (Wildman–Crippen LogP) is 4.27. The van der Waals surface area contributed by atoms with E-state index in [9.17, 15) is 9.59 Å². The average molecular weight is 398 g/mol. The number of hydrogen-bond acceptors (Lipinski definition) is 6. The molecule has 0 radical (unpaired) electrons. The molecule has 146 valence electrons. The van der Waals surface area contributed by atoms with Gasteiger partial charge in [-0.05, 0) is 49.7 Å². The summed E-state index contributed by atoms with van der Waals surface area (Å²) in [7, 11) is 0. The molecule has 0 fully saturated rings. The highest BCUT2D eigenvalue weighted by atomic mass is 32.2. The minimum atomic E-state index is -0.0246. The van der Waals surface area contributed by atoms with Crippen LogP contribution in [0.5, 0.6) is 0 Å². The highest BCUT2D eigenvalue weighted by Gasteiger charge is 2.16. The molecule has 2 aromatic heterocycles. The van der Waals surface area contributed by atoms with Crippen molar-refractivity contribution in [2.45, 2.75) is 38.4 Å². The van der Waals surface area contributed by atoms with E-state index in [-0.39, 0.29) is 17.4 Å². The lowest BCUT2D eigenvalue weighted by atomic mass is 10.1. The first-order valence-electron chi connectivity index (χ1n) is 9.15. The second-order valence-electron chi connectivity index (χ2n) is 6.12. The molecular weight excluding hydrogens is 376 g/mol. The SMILES string of the molecule is CCCC(=O)Nc1ccc(C(=O)CSc2nnc(-c3ccco3)n2CC)cc1. The lowest BCUT2D eigenvalue weighted by molar-refractivity contribution is -0.116. The summed E-state index contributed by atoms with van der Waals surface area (Å²) in [6.45, 7) is 4.62. The van der Waals surface area contributed by atoms with Crippen LogP contribution in [0.4, 0.5) is 5.69 Å². The highest BCUT2D eigenvalue weighted by Crippen LogP contribution is 2.25. The van der Waals surface area contributed by atoms with Gasteiger partial charge in [-0.25, -0.2) is 0 Å². The number of carbonyl (C=O) groups is 2. The summed E-state index contributed by atoms with van der Waals surface area (Å²) in [5.41, 5.74) is 1.28. The van der Waals surface area contributed by atoms with Gasteiger partial charge in [-0.3, -0.25) is 14.2 Å². The van der Waals surface area contributed by atoms with E-state index in [1.165, 1.54) is 11.8 Å². The number of furan rings is 1. The van der Waals surface area contributed by atoms with Crippen LogP contribution >= 0.6 is 11.8 Å². The minimum absolute atomic E-state index is 0.0124. The molecule has 0 bridgehead atoms. The lowest BCUT2D eigenvalue weighted by Gasteiger charge is -2.07. The van der Waals surface area contributed by atoms with E-state index in [1.807, 2.05) is 24.5 Å². The number of carbonyl (C=O) groups excluding carboxylic acids is 2. The summed E-state index contributed by atoms with van der Waals surface area (Å²) in [6.07, 6.45) is 2.87. The summed E-state index contributed by atoms with van der Waals surface area (Å²) in [5.74, 6) is 1.51. The molecule has 0 saturated heterocycles. The van der Waals surface area contributed by atoms with E-state index < -0.39 is 0 Å². The number of hydrogen-bond donors (Lipinski definition) is 1. The number of thioether (sulfide) groups is 1. The molecule has 0 spiro atoms. The largest absolute Gasteiger partial charge is 0.461 e. The van der Waals surface area contributed by atoms with Crippen molar-refractivity contribution in [1.82, 2.24) is 14.8 Å². The van der Waals surface area contributed by atoms with Crippen molar-refractivity contribution in [3.8, 4) is 11.6 Å². The van der Waals surface area contributed by atoms with Gasteiger partial charge in [0, 0.05) is 24.2 Å². The van der Waals surface area contributed by atoms with Gasteiger partial charge in [0.2, 0.25) is 5.91 Å². The standard InChI is InChI=1S/C20H22N4O3S/c1-3-6-18(26)21-15-10-8-14(9-11-15)16(25)13-28-20-23-22-19(24(20)4-2)17-7-5-12-27-17/h5,7-12H,3-4,6,13H2,1-2H3,(H,21,26). The molecule has 0 aliphatic carbocycles. The number of amides is 1. The van der Waals surface area contributed by atoms with Gasteiger partial charge in [0.15, 0.2) is 22.5 Å². The second kappa shape index (κ2) is 9.36. The molecule has 3 aromatic rings. The molecule has 3 rings (SSSR count). The monoisotopic (exact) mass is 398 g/mol. The molecule has 0 aliphatic rings. The predicted molar refractivity (Wildman–Crippen MR) is 108 cm³/mol. The first kappa shape index (κ1) is 19.9. The van der Waals surface area contributed by atoms with Crippen molar-refractivity contribution >= 4 is 29.1 Å². The summed E-state index contributed by atoms with van der Waals surface area (Å²) >= 11 is 1.34. The van der Waals surface area contributed by atoms with Crippen molar-refractivity contribution in [3.05, 3.63) is 48.2 Å². The average Bonchev–Trinajstić information content (AvgIpc) is 3.36. The van der Waals surface area contributed by atoms with Gasteiger partial charge in [0.05, 0.1) is 12.0 Å². The molecule has 8 heteroatoms. The number of anilines is 1. The van der Waals surface area contributed by atoms with E-state index in [0.717, 1.165) is 6.42 Å². The van der Waals surface area contributed by atoms with Crippen molar-refractivity contribution < 1.29 is 14.0 Å². The van der Waals surface area contributed by atoms with Crippen LogP contribution in [0.15, 0.2) is 52.2 Å². The van der Waals surface area contributed by atoms with Crippen molar-refractivity contribution in [2.24, 2.45) is 0 Å². The summed E-state index contributed by atoms with van der Waals surface area (Å²) in [4.78, 5) is 24.1. The van der Waals surface area contributed by atoms with Gasteiger partial charge >= 0.3 is 0 Å². The van der Waals surface area contributed by atoms with Crippen LogP contribution in [0.2, 0.25) is 0 Å². The molecule has 1 N–H and O–H groups in total. The smallest absolute Gasteiger partial charge is 0.224 e. The van der Waals surface area contributed by atoms with Gasteiger partial charge < -0.3 is 9.73 Å². The zero-order valence-corrected chi connectivity index (χ0v) is 16.7. The number of rotatable bonds is 9. The van der Waals surface area contributed by atoms with Crippen molar-refractivity contribution in [2.75, 3.05) is 11.1 Å². The van der Waals surface area contributed by atoms with Crippen LogP contribution in [0.1, 0.15) is 37.0 Å². The summed E-state index contributed by atoms with van der Waals surface area (Å²) in [5, 5.41) is 11.9. The van der Waals surface area contributed by atoms with Crippen molar-refractivity contribution in [1.29, 1.82) is 0 Å². The van der Waals surface area contributed by atoms with Crippen LogP contribution in [-0.2, 0) is 11.3 Å². The molecule has 0 aliphatic heterocycles. The fraction of sp³-hybridized carbons (Fsp3) is 0.300. The topological polar surface area (TPSA) is 90.0 Å². The van der Waals surface area contributed by atoms with Gasteiger partial charge in [-0.15, -0.1) is 10.2 Å². The van der Waals surface area contributed by atoms with Crippen LogP contribution in [0, 0.1) is 0 Å². The zero-order valence-electron chi connectivity index (χ0n) is 15.8. The molecule has 28 heavy (non-hydrogen) atoms. The fourth-order valence-electron chi connectivity index (χ4n) is 2.67. The van der Waals surface area contributed by atoms with E-state index in [4.69, 9.17) is 4.42 Å². The Morgan fingerprint density at radius 3 is 2.57 bits per heavy atom. The maximum absolute atomic E-state index is 12.5. The van der Waals surface area contributed by atoms with Gasteiger partial charge in [-0.2, -0.15) is 0 Å². The third-order valence-corrected chi connectivity index (χ3v) is 5.04. The molecule has 0 atom stereocenters. The molecule has 7 nitrogen and oxygen atoms in total. The van der Waals surface area contributed by atoms with Gasteiger partial charge in [0.25, 0.3) is 0 Å². The molecule has 1 aromatic carbocycles. The Morgan fingerprint density at radius 2 is 1.93 bits per heavy atom. The van der Waals surface area contributed by atoms with Crippen LogP contribution in [0.3, 0.4) is 0 Å². The minimum Gasteiger partial charge on any atom is -0.461 e. The number of ketones is 1. The number of nitrogens with one attached hydrogen (secondary N) is 1. The maximum atomic E-state index is 12.5. The van der Waals surface area contributed by atoms with Crippen LogP contribution < -0.4 is 5.32 Å². The van der Waals surface area contributed by atoms with E-state index in [1.54, 1.807) is 36.6 Å². The molecular formula is C20H22N4O3S. The quantitative estimate of drug-likeness (QED) is 0.428. The van der Waals surface area contributed by atoms with Crippen LogP contribution in [0.25, 0.3) is 11.6 Å². The highest BCUT2D eigenvalue weighted by molar-refractivity contribution is 7.99. The molecule has 0 unspecified atom stereocenters. The normalized spacial score (nSPS) is 10.8. The van der Waals surface area contributed by atoms with Crippen LogP contribution in [-0.4, -0.2) is 32.2 Å². The molecule has 1 amide bonds. The Morgan fingerprint density at radius 1 is 1.14 bits per heavy atom. The summed E-state index contributed by atoms with van der Waals surface area (Å²) in [6, 6.07) is 10.6.